The number of aryl methyl sites for hydroxylation is 1. The minimum absolute atomic E-state index is 0.0136. The number of aliphatic hydroxyl groups excluding tert-OH is 1. The summed E-state index contributed by atoms with van der Waals surface area (Å²) >= 11 is 0. The van der Waals surface area contributed by atoms with Crippen molar-refractivity contribution < 1.29 is 13.5 Å². The largest absolute Gasteiger partial charge is 0.389 e. The number of benzene rings is 1. The Hall–Kier alpha value is -1.39. The molecule has 1 N–H and O–H groups in total. The van der Waals surface area contributed by atoms with Gasteiger partial charge in [-0.3, -0.25) is 0 Å². The Morgan fingerprint density at radius 1 is 1.26 bits per heavy atom. The fourth-order valence-corrected chi connectivity index (χ4v) is 2.67. The van der Waals surface area contributed by atoms with E-state index < -0.39 is 15.9 Å². The van der Waals surface area contributed by atoms with Gasteiger partial charge < -0.3 is 5.11 Å². The quantitative estimate of drug-likeness (QED) is 0.781. The zero-order chi connectivity index (χ0) is 14.3. The van der Waals surface area contributed by atoms with Gasteiger partial charge in [-0.05, 0) is 31.9 Å². The fraction of sp³-hybridized carbons (Fsp3) is 0.333. The molecule has 1 rings (SSSR count). The second-order valence-electron chi connectivity index (χ2n) is 4.45. The van der Waals surface area contributed by atoms with E-state index in [1.165, 1.54) is 6.08 Å². The van der Waals surface area contributed by atoms with Gasteiger partial charge in [0.1, 0.15) is 0 Å². The number of aliphatic hydroxyl groups is 1. The van der Waals surface area contributed by atoms with Gasteiger partial charge in [-0.1, -0.05) is 35.9 Å². The van der Waals surface area contributed by atoms with Gasteiger partial charge in [0.05, 0.1) is 16.8 Å². The van der Waals surface area contributed by atoms with E-state index in [4.69, 9.17) is 0 Å². The molecule has 0 spiro atoms. The fourth-order valence-electron chi connectivity index (χ4n) is 1.54. The van der Waals surface area contributed by atoms with E-state index in [9.17, 15) is 13.5 Å². The highest BCUT2D eigenvalue weighted by Gasteiger charge is 2.11. The van der Waals surface area contributed by atoms with E-state index in [0.29, 0.717) is 17.7 Å². The standard InChI is InChI=1S/C15H20O3S/c1-3-14(16)7-5-4-6-12-19(17,18)15-10-8-13(2)9-11-15/h3-4,6,8-11,14,16H,1,5,7,12H2,2H3/b6-4+. The van der Waals surface area contributed by atoms with Crippen molar-refractivity contribution in [1.29, 1.82) is 0 Å². The lowest BCUT2D eigenvalue weighted by atomic mass is 10.2. The second kappa shape index (κ2) is 7.26. The van der Waals surface area contributed by atoms with Crippen LogP contribution in [0.3, 0.4) is 0 Å². The number of rotatable bonds is 7. The van der Waals surface area contributed by atoms with E-state index in [0.717, 1.165) is 5.56 Å². The van der Waals surface area contributed by atoms with E-state index in [-0.39, 0.29) is 5.75 Å². The number of hydrogen-bond acceptors (Lipinski definition) is 3. The SMILES string of the molecule is C=CC(O)CC/C=C/CS(=O)(=O)c1ccc(C)cc1. The van der Waals surface area contributed by atoms with Crippen molar-refractivity contribution in [2.75, 3.05) is 5.75 Å². The molecule has 0 heterocycles. The second-order valence-corrected chi connectivity index (χ2v) is 6.48. The van der Waals surface area contributed by atoms with Crippen molar-refractivity contribution >= 4 is 9.84 Å². The third kappa shape index (κ3) is 5.41. The Morgan fingerprint density at radius 3 is 2.47 bits per heavy atom. The van der Waals surface area contributed by atoms with Gasteiger partial charge in [-0.2, -0.15) is 0 Å². The molecule has 0 aliphatic rings. The molecule has 0 bridgehead atoms. The first-order chi connectivity index (χ1) is 8.95. The summed E-state index contributed by atoms with van der Waals surface area (Å²) in [5.41, 5.74) is 1.04. The van der Waals surface area contributed by atoms with Crippen LogP contribution in [0.4, 0.5) is 0 Å². The molecule has 0 fully saturated rings. The molecule has 0 aliphatic heterocycles. The molecule has 19 heavy (non-hydrogen) atoms. The van der Waals surface area contributed by atoms with Crippen LogP contribution in [0, 0.1) is 6.92 Å². The van der Waals surface area contributed by atoms with Crippen LogP contribution in [0.25, 0.3) is 0 Å². The number of allylic oxidation sites excluding steroid dienone is 1. The first kappa shape index (κ1) is 15.7. The average molecular weight is 280 g/mol. The van der Waals surface area contributed by atoms with E-state index in [1.54, 1.807) is 36.4 Å². The highest BCUT2D eigenvalue weighted by molar-refractivity contribution is 7.91. The van der Waals surface area contributed by atoms with E-state index in [1.807, 2.05) is 6.92 Å². The van der Waals surface area contributed by atoms with Gasteiger partial charge in [0.2, 0.25) is 0 Å². The zero-order valence-electron chi connectivity index (χ0n) is 11.1. The molecule has 4 heteroatoms. The van der Waals surface area contributed by atoms with Crippen LogP contribution in [0.2, 0.25) is 0 Å². The van der Waals surface area contributed by atoms with E-state index >= 15 is 0 Å². The van der Waals surface area contributed by atoms with Crippen molar-refractivity contribution in [3.8, 4) is 0 Å². The molecule has 0 aromatic heterocycles. The Kier molecular flexibility index (Phi) is 5.99. The Bertz CT molecular complexity index is 527. The van der Waals surface area contributed by atoms with Crippen LogP contribution in [0.15, 0.2) is 54.0 Å². The Labute approximate surface area is 115 Å². The van der Waals surface area contributed by atoms with Crippen molar-refractivity contribution in [3.63, 3.8) is 0 Å². The molecule has 0 saturated heterocycles. The molecule has 0 amide bonds. The van der Waals surface area contributed by atoms with Crippen LogP contribution in [0.1, 0.15) is 18.4 Å². The summed E-state index contributed by atoms with van der Waals surface area (Å²) in [6.07, 6.45) is 5.54. The van der Waals surface area contributed by atoms with Crippen LogP contribution >= 0.6 is 0 Å². The van der Waals surface area contributed by atoms with Crippen LogP contribution in [-0.2, 0) is 9.84 Å². The lowest BCUT2D eigenvalue weighted by molar-refractivity contribution is 0.214. The molecule has 3 nitrogen and oxygen atoms in total. The third-order valence-corrected chi connectivity index (χ3v) is 4.39. The summed E-state index contributed by atoms with van der Waals surface area (Å²) in [6, 6.07) is 6.83. The minimum Gasteiger partial charge on any atom is -0.389 e. The van der Waals surface area contributed by atoms with Gasteiger partial charge in [0, 0.05) is 0 Å². The van der Waals surface area contributed by atoms with Gasteiger partial charge in [-0.25, -0.2) is 8.42 Å². The summed E-state index contributed by atoms with van der Waals surface area (Å²) in [7, 11) is -3.25. The van der Waals surface area contributed by atoms with Crippen molar-refractivity contribution in [1.82, 2.24) is 0 Å². The summed E-state index contributed by atoms with van der Waals surface area (Å²) < 4.78 is 24.0. The Balaban J connectivity index is 2.54. The summed E-state index contributed by atoms with van der Waals surface area (Å²) in [4.78, 5) is 0.342. The van der Waals surface area contributed by atoms with Crippen LogP contribution < -0.4 is 0 Å². The highest BCUT2D eigenvalue weighted by atomic mass is 32.2. The zero-order valence-corrected chi connectivity index (χ0v) is 11.9. The normalized spacial score (nSPS) is 13.6. The number of sulfone groups is 1. The molecule has 1 aromatic carbocycles. The molecule has 0 radical (unpaired) electrons. The smallest absolute Gasteiger partial charge is 0.181 e. The monoisotopic (exact) mass is 280 g/mol. The molecule has 0 aliphatic carbocycles. The summed E-state index contributed by atoms with van der Waals surface area (Å²) in [6.45, 7) is 5.39. The first-order valence-electron chi connectivity index (χ1n) is 6.21. The number of hydrogen-bond donors (Lipinski definition) is 1. The predicted molar refractivity (Wildman–Crippen MR) is 77.8 cm³/mol. The maximum atomic E-state index is 12.0. The molecule has 0 saturated carbocycles. The van der Waals surface area contributed by atoms with Crippen LogP contribution in [0.5, 0.6) is 0 Å². The lowest BCUT2D eigenvalue weighted by Crippen LogP contribution is -2.04. The summed E-state index contributed by atoms with van der Waals surface area (Å²) in [5.74, 6) is -0.0136. The predicted octanol–water partition coefficient (Wildman–Crippen LogP) is 2.65. The average Bonchev–Trinajstić information content (AvgIpc) is 2.38. The molecule has 1 unspecified atom stereocenters. The minimum atomic E-state index is -3.25. The van der Waals surface area contributed by atoms with Gasteiger partial charge >= 0.3 is 0 Å². The molecule has 104 valence electrons. The van der Waals surface area contributed by atoms with Gasteiger partial charge in [0.25, 0.3) is 0 Å². The molecule has 1 atom stereocenters. The third-order valence-electron chi connectivity index (χ3n) is 2.76. The first-order valence-corrected chi connectivity index (χ1v) is 7.86. The van der Waals surface area contributed by atoms with E-state index in [2.05, 4.69) is 6.58 Å². The van der Waals surface area contributed by atoms with Crippen LogP contribution in [-0.4, -0.2) is 25.4 Å². The van der Waals surface area contributed by atoms with Crippen molar-refractivity contribution in [2.24, 2.45) is 0 Å². The maximum absolute atomic E-state index is 12.0. The van der Waals surface area contributed by atoms with Crippen molar-refractivity contribution in [3.05, 3.63) is 54.6 Å². The highest BCUT2D eigenvalue weighted by Crippen LogP contribution is 2.12. The molecule has 1 aromatic rings. The molecular weight excluding hydrogens is 260 g/mol. The van der Waals surface area contributed by atoms with Crippen molar-refractivity contribution in [2.45, 2.75) is 30.8 Å². The lowest BCUT2D eigenvalue weighted by Gasteiger charge is -2.02. The topological polar surface area (TPSA) is 54.4 Å². The summed E-state index contributed by atoms with van der Waals surface area (Å²) in [5, 5.41) is 9.25. The Morgan fingerprint density at radius 2 is 1.89 bits per heavy atom. The maximum Gasteiger partial charge on any atom is 0.181 e. The molecular formula is C15H20O3S. The van der Waals surface area contributed by atoms with Gasteiger partial charge in [-0.15, -0.1) is 6.58 Å². The van der Waals surface area contributed by atoms with Gasteiger partial charge in [0.15, 0.2) is 9.84 Å².